The van der Waals surface area contributed by atoms with Gasteiger partial charge in [0.05, 0.1) is 29.3 Å². The molecule has 10 nitrogen and oxygen atoms in total. The second-order valence-electron chi connectivity index (χ2n) is 12.3. The number of imidazole rings is 1. The SMILES string of the molecule is Nc1c(Br)cc(C[C@@H](NC(=O)N2CCC(N3CCc4ccccc4NC3=O)CC2)c2nc3ccccc3n2Cc2cccnc2)cc1Br. The lowest BCUT2D eigenvalue weighted by atomic mass is 10.0. The van der Waals surface area contributed by atoms with E-state index in [0.717, 1.165) is 54.6 Å². The smallest absolute Gasteiger partial charge is 0.322 e. The molecule has 12 heteroatoms. The largest absolute Gasteiger partial charge is 0.397 e. The number of amides is 4. The second-order valence-corrected chi connectivity index (χ2v) is 14.0. The summed E-state index contributed by atoms with van der Waals surface area (Å²) in [5, 5.41) is 6.43. The standard InChI is InChI=1S/C36H36Br2N8O2/c37-27-18-24(19-28(38)33(27)39)20-31(34-41-30-9-3-4-10-32(30)46(34)22-23-6-5-14-40-21-23)43-35(47)44-15-12-26(13-16-44)45-17-11-25-7-1-2-8-29(25)42-36(45)48/h1-10,14,18-19,21,26,31H,11-13,15-17,20,22,39H2,(H,42,48)(H,43,47)/t31-/m1/s1. The van der Waals surface area contributed by atoms with Crippen molar-refractivity contribution in [1.29, 1.82) is 0 Å². The Bertz CT molecular complexity index is 1940. The maximum atomic E-state index is 14.0. The van der Waals surface area contributed by atoms with Crippen molar-refractivity contribution in [3.63, 3.8) is 0 Å². The molecule has 1 atom stereocenters. The summed E-state index contributed by atoms with van der Waals surface area (Å²) in [5.41, 5.74) is 12.7. The van der Waals surface area contributed by atoms with Gasteiger partial charge in [0, 0.05) is 59.1 Å². The summed E-state index contributed by atoms with van der Waals surface area (Å²) in [6.07, 6.45) is 6.32. The Morgan fingerprint density at radius 3 is 2.50 bits per heavy atom. The highest BCUT2D eigenvalue weighted by atomic mass is 79.9. The minimum atomic E-state index is -0.448. The van der Waals surface area contributed by atoms with Crippen LogP contribution in [-0.2, 0) is 19.4 Å². The number of para-hydroxylation sites is 3. The molecule has 1 fully saturated rings. The Morgan fingerprint density at radius 1 is 0.979 bits per heavy atom. The molecule has 4 N–H and O–H groups in total. The number of nitrogens with zero attached hydrogens (tertiary/aromatic N) is 5. The molecule has 4 heterocycles. The van der Waals surface area contributed by atoms with Crippen molar-refractivity contribution in [3.8, 4) is 0 Å². The number of urea groups is 2. The zero-order chi connectivity index (χ0) is 33.2. The molecule has 0 unspecified atom stereocenters. The highest BCUT2D eigenvalue weighted by molar-refractivity contribution is 9.11. The Kier molecular flexibility index (Phi) is 9.36. The predicted molar refractivity (Wildman–Crippen MR) is 195 cm³/mol. The maximum absolute atomic E-state index is 14.0. The van der Waals surface area contributed by atoms with Crippen LogP contribution in [0.4, 0.5) is 21.0 Å². The van der Waals surface area contributed by atoms with Crippen LogP contribution in [0.25, 0.3) is 11.0 Å². The zero-order valence-corrected chi connectivity index (χ0v) is 29.5. The van der Waals surface area contributed by atoms with E-state index in [1.165, 1.54) is 0 Å². The van der Waals surface area contributed by atoms with E-state index < -0.39 is 6.04 Å². The summed E-state index contributed by atoms with van der Waals surface area (Å²) in [4.78, 5) is 40.4. The van der Waals surface area contributed by atoms with Crippen LogP contribution in [-0.4, -0.2) is 62.1 Å². The minimum absolute atomic E-state index is 0.0623. The fraction of sp³-hybridized carbons (Fsp3) is 0.278. The number of piperidine rings is 1. The van der Waals surface area contributed by atoms with Crippen LogP contribution in [0.5, 0.6) is 0 Å². The third-order valence-corrected chi connectivity index (χ3v) is 10.6. The van der Waals surface area contributed by atoms with Gasteiger partial charge in [-0.15, -0.1) is 0 Å². The average Bonchev–Trinajstić information content (AvgIpc) is 3.36. The number of hydrogen-bond donors (Lipinski definition) is 3. The minimum Gasteiger partial charge on any atom is -0.397 e. The van der Waals surface area contributed by atoms with Crippen LogP contribution in [0.3, 0.4) is 0 Å². The highest BCUT2D eigenvalue weighted by Crippen LogP contribution is 2.33. The Morgan fingerprint density at radius 2 is 1.73 bits per heavy atom. The van der Waals surface area contributed by atoms with E-state index in [0.29, 0.717) is 51.1 Å². The number of halogens is 2. The van der Waals surface area contributed by atoms with Crippen molar-refractivity contribution in [2.75, 3.05) is 30.7 Å². The van der Waals surface area contributed by atoms with Crippen LogP contribution in [0.2, 0.25) is 0 Å². The number of nitrogen functional groups attached to an aromatic ring is 1. The summed E-state index contributed by atoms with van der Waals surface area (Å²) in [6, 6.07) is 23.3. The van der Waals surface area contributed by atoms with E-state index in [-0.39, 0.29) is 18.1 Å². The van der Waals surface area contributed by atoms with Gasteiger partial charge in [-0.05, 0) is 104 Å². The number of nitrogens with two attached hydrogens (primary N) is 1. The van der Waals surface area contributed by atoms with Crippen molar-refractivity contribution >= 4 is 66.3 Å². The molecule has 7 rings (SSSR count). The van der Waals surface area contributed by atoms with Gasteiger partial charge in [-0.1, -0.05) is 36.4 Å². The third kappa shape index (κ3) is 6.77. The maximum Gasteiger partial charge on any atom is 0.322 e. The van der Waals surface area contributed by atoms with Gasteiger partial charge in [0.25, 0.3) is 0 Å². The highest BCUT2D eigenvalue weighted by Gasteiger charge is 2.33. The van der Waals surface area contributed by atoms with E-state index in [2.05, 4.69) is 64.2 Å². The van der Waals surface area contributed by atoms with E-state index in [9.17, 15) is 9.59 Å². The predicted octanol–water partition coefficient (Wildman–Crippen LogP) is 7.13. The monoisotopic (exact) mass is 770 g/mol. The van der Waals surface area contributed by atoms with Crippen LogP contribution < -0.4 is 16.4 Å². The molecule has 0 spiro atoms. The summed E-state index contributed by atoms with van der Waals surface area (Å²) in [6.45, 7) is 2.30. The molecule has 2 aromatic heterocycles. The van der Waals surface area contributed by atoms with E-state index in [1.807, 2.05) is 76.7 Å². The number of carbonyl (C=O) groups is 2. The second kappa shape index (κ2) is 14.0. The molecule has 0 radical (unpaired) electrons. The van der Waals surface area contributed by atoms with Gasteiger partial charge >= 0.3 is 12.1 Å². The number of aromatic nitrogens is 3. The first-order valence-electron chi connectivity index (χ1n) is 16.1. The number of anilines is 2. The van der Waals surface area contributed by atoms with E-state index in [1.54, 1.807) is 6.20 Å². The lowest BCUT2D eigenvalue weighted by Gasteiger charge is -2.38. The molecule has 0 aliphatic carbocycles. The first-order valence-corrected chi connectivity index (χ1v) is 17.7. The number of carbonyl (C=O) groups excluding carboxylic acids is 2. The summed E-state index contributed by atoms with van der Waals surface area (Å²) in [5.74, 6) is 0.758. The molecular formula is C36H36Br2N8O2. The normalized spacial score (nSPS) is 15.9. The molecule has 0 saturated carbocycles. The van der Waals surface area contributed by atoms with Gasteiger partial charge in [-0.2, -0.15) is 0 Å². The molecule has 3 aromatic carbocycles. The summed E-state index contributed by atoms with van der Waals surface area (Å²) >= 11 is 7.18. The Hall–Kier alpha value is -4.42. The number of nitrogens with one attached hydrogen (secondary N) is 2. The van der Waals surface area contributed by atoms with Crippen molar-refractivity contribution in [2.45, 2.75) is 44.3 Å². The Labute approximate surface area is 296 Å². The van der Waals surface area contributed by atoms with Gasteiger partial charge in [-0.3, -0.25) is 4.98 Å². The number of hydrogen-bond acceptors (Lipinski definition) is 5. The van der Waals surface area contributed by atoms with Gasteiger partial charge in [0.1, 0.15) is 5.82 Å². The van der Waals surface area contributed by atoms with Crippen molar-refractivity contribution in [3.05, 3.63) is 117 Å². The molecular weight excluding hydrogens is 736 g/mol. The van der Waals surface area contributed by atoms with Gasteiger partial charge < -0.3 is 30.7 Å². The molecule has 0 bridgehead atoms. The fourth-order valence-electron chi connectivity index (χ4n) is 6.76. The van der Waals surface area contributed by atoms with Gasteiger partial charge in [0.15, 0.2) is 0 Å². The van der Waals surface area contributed by atoms with E-state index >= 15 is 0 Å². The molecule has 5 aromatic rings. The molecule has 4 amide bonds. The van der Waals surface area contributed by atoms with Crippen molar-refractivity contribution < 1.29 is 9.59 Å². The van der Waals surface area contributed by atoms with Crippen molar-refractivity contribution in [1.82, 2.24) is 29.7 Å². The van der Waals surface area contributed by atoms with Gasteiger partial charge in [-0.25, -0.2) is 14.6 Å². The van der Waals surface area contributed by atoms with Crippen LogP contribution in [0, 0.1) is 0 Å². The lowest BCUT2D eigenvalue weighted by Crippen LogP contribution is -2.52. The first-order chi connectivity index (χ1) is 23.3. The number of rotatable bonds is 7. The average molecular weight is 773 g/mol. The van der Waals surface area contributed by atoms with Crippen molar-refractivity contribution in [2.24, 2.45) is 0 Å². The van der Waals surface area contributed by atoms with Crippen LogP contribution in [0.1, 0.15) is 41.4 Å². The summed E-state index contributed by atoms with van der Waals surface area (Å²) in [7, 11) is 0. The van der Waals surface area contributed by atoms with Crippen LogP contribution >= 0.6 is 31.9 Å². The summed E-state index contributed by atoms with van der Waals surface area (Å²) < 4.78 is 3.73. The quantitative estimate of drug-likeness (QED) is 0.152. The Balaban J connectivity index is 1.13. The number of pyridine rings is 1. The number of fused-ring (bicyclic) bond motifs is 2. The zero-order valence-electron chi connectivity index (χ0n) is 26.3. The molecule has 1 saturated heterocycles. The fourth-order valence-corrected chi connectivity index (χ4v) is 8.04. The molecule has 246 valence electrons. The lowest BCUT2D eigenvalue weighted by molar-refractivity contribution is 0.133. The molecule has 2 aliphatic rings. The third-order valence-electron chi connectivity index (χ3n) is 9.27. The van der Waals surface area contributed by atoms with E-state index in [4.69, 9.17) is 10.7 Å². The molecule has 48 heavy (non-hydrogen) atoms. The first kappa shape index (κ1) is 32.1. The van der Waals surface area contributed by atoms with Crippen LogP contribution in [0.15, 0.2) is 94.1 Å². The number of benzene rings is 3. The topological polar surface area (TPSA) is 121 Å². The van der Waals surface area contributed by atoms with Gasteiger partial charge in [0.2, 0.25) is 0 Å². The number of likely N-dealkylation sites (tertiary alicyclic amines) is 1. The molecule has 2 aliphatic heterocycles.